The van der Waals surface area contributed by atoms with Gasteiger partial charge in [-0.25, -0.2) is 24.2 Å². The minimum atomic E-state index is -1.08. The van der Waals surface area contributed by atoms with Crippen LogP contribution >= 0.6 is 0 Å². The van der Waals surface area contributed by atoms with Crippen molar-refractivity contribution in [3.05, 3.63) is 43.3 Å². The van der Waals surface area contributed by atoms with Gasteiger partial charge in [0.25, 0.3) is 0 Å². The molecule has 0 saturated heterocycles. The molecule has 0 aliphatic rings. The Kier molecular flexibility index (Phi) is 4.29. The van der Waals surface area contributed by atoms with Crippen molar-refractivity contribution in [2.24, 2.45) is 0 Å². The zero-order valence-corrected chi connectivity index (χ0v) is 14.5. The van der Waals surface area contributed by atoms with Crippen LogP contribution in [0, 0.1) is 0 Å². The number of hydrogen-bond donors (Lipinski definition) is 1. The Bertz CT molecular complexity index is 982. The van der Waals surface area contributed by atoms with Gasteiger partial charge in [-0.3, -0.25) is 0 Å². The molecule has 26 heavy (non-hydrogen) atoms. The van der Waals surface area contributed by atoms with Crippen LogP contribution in [0.25, 0.3) is 22.3 Å². The van der Waals surface area contributed by atoms with Gasteiger partial charge in [-0.15, -0.1) is 0 Å². The molecular formula is C17H17N5O4. The van der Waals surface area contributed by atoms with Crippen molar-refractivity contribution in [3.8, 4) is 5.82 Å². The summed E-state index contributed by atoms with van der Waals surface area (Å²) in [6.45, 7) is 8.75. The Morgan fingerprint density at radius 1 is 1.31 bits per heavy atom. The molecule has 0 unspecified atom stereocenters. The second-order valence-electron chi connectivity index (χ2n) is 6.46. The van der Waals surface area contributed by atoms with Crippen LogP contribution in [0.2, 0.25) is 0 Å². The van der Waals surface area contributed by atoms with E-state index in [-0.39, 0.29) is 5.57 Å². The fourth-order valence-corrected chi connectivity index (χ4v) is 2.23. The average Bonchev–Trinajstić information content (AvgIpc) is 3.21. The molecule has 0 saturated carbocycles. The molecule has 0 aliphatic carbocycles. The van der Waals surface area contributed by atoms with E-state index >= 15 is 0 Å². The van der Waals surface area contributed by atoms with Crippen LogP contribution in [-0.2, 0) is 14.3 Å². The first-order chi connectivity index (χ1) is 12.2. The molecule has 0 bridgehead atoms. The van der Waals surface area contributed by atoms with Crippen LogP contribution in [0.3, 0.4) is 0 Å². The van der Waals surface area contributed by atoms with E-state index in [1.807, 2.05) is 0 Å². The zero-order chi connectivity index (χ0) is 18.9. The lowest BCUT2D eigenvalue weighted by molar-refractivity contribution is -0.134. The molecule has 1 N–H and O–H groups in total. The number of nitrogens with one attached hydrogen (secondary N) is 1. The first kappa shape index (κ1) is 17.3. The second-order valence-corrected chi connectivity index (χ2v) is 6.46. The summed E-state index contributed by atoms with van der Waals surface area (Å²) in [4.78, 5) is 35.0. The SMILES string of the molecule is C=C(C(=O)OC(=O)OC(C)(C)C)c1c[nH]c2cnc(-n3cncn3)cc12. The number of aromatic nitrogens is 5. The van der Waals surface area contributed by atoms with Gasteiger partial charge in [0.2, 0.25) is 0 Å². The third-order valence-electron chi connectivity index (χ3n) is 3.34. The van der Waals surface area contributed by atoms with Gasteiger partial charge in [0.1, 0.15) is 18.3 Å². The fraction of sp³-hybridized carbons (Fsp3) is 0.235. The van der Waals surface area contributed by atoms with Crippen LogP contribution in [0.5, 0.6) is 0 Å². The number of fused-ring (bicyclic) bond motifs is 1. The number of ether oxygens (including phenoxy) is 2. The van der Waals surface area contributed by atoms with Crippen LogP contribution in [0.1, 0.15) is 26.3 Å². The van der Waals surface area contributed by atoms with Crippen LogP contribution < -0.4 is 0 Å². The maximum atomic E-state index is 12.2. The van der Waals surface area contributed by atoms with Gasteiger partial charge in [-0.05, 0) is 26.8 Å². The molecule has 3 heterocycles. The molecule has 0 atom stereocenters. The number of carbonyl (C=O) groups is 2. The first-order valence-corrected chi connectivity index (χ1v) is 7.71. The molecule has 9 heteroatoms. The number of hydrogen-bond acceptors (Lipinski definition) is 7. The maximum absolute atomic E-state index is 12.2. The van der Waals surface area contributed by atoms with E-state index in [2.05, 4.69) is 26.6 Å². The van der Waals surface area contributed by atoms with Crippen molar-refractivity contribution in [1.29, 1.82) is 0 Å². The number of H-pyrrole nitrogens is 1. The fourth-order valence-electron chi connectivity index (χ4n) is 2.23. The van der Waals surface area contributed by atoms with Crippen molar-refractivity contribution >= 4 is 28.6 Å². The lowest BCUT2D eigenvalue weighted by atomic mass is 10.1. The summed E-state index contributed by atoms with van der Waals surface area (Å²) in [6.07, 6.45) is 5.01. The van der Waals surface area contributed by atoms with E-state index in [9.17, 15) is 9.59 Å². The number of nitrogens with zero attached hydrogens (tertiary/aromatic N) is 4. The largest absolute Gasteiger partial charge is 0.516 e. The van der Waals surface area contributed by atoms with Crippen molar-refractivity contribution in [1.82, 2.24) is 24.7 Å². The minimum absolute atomic E-state index is 0.0119. The highest BCUT2D eigenvalue weighted by atomic mass is 16.7. The number of carbonyl (C=O) groups excluding carboxylic acids is 2. The van der Waals surface area contributed by atoms with E-state index in [0.29, 0.717) is 22.3 Å². The Labute approximate surface area is 148 Å². The number of esters is 1. The van der Waals surface area contributed by atoms with E-state index < -0.39 is 17.7 Å². The summed E-state index contributed by atoms with van der Waals surface area (Å²) in [5.74, 6) is -0.372. The van der Waals surface area contributed by atoms with Crippen LogP contribution in [0.4, 0.5) is 4.79 Å². The summed E-state index contributed by atoms with van der Waals surface area (Å²) >= 11 is 0. The highest BCUT2D eigenvalue weighted by Crippen LogP contribution is 2.26. The molecule has 0 radical (unpaired) electrons. The average molecular weight is 355 g/mol. The smallest absolute Gasteiger partial charge is 0.428 e. The lowest BCUT2D eigenvalue weighted by Crippen LogP contribution is -2.26. The summed E-state index contributed by atoms with van der Waals surface area (Å²) < 4.78 is 11.2. The van der Waals surface area contributed by atoms with Gasteiger partial charge in [-0.1, -0.05) is 6.58 Å². The second kappa shape index (κ2) is 6.43. The molecule has 3 aromatic rings. The molecule has 0 fully saturated rings. The third kappa shape index (κ3) is 3.61. The summed E-state index contributed by atoms with van der Waals surface area (Å²) in [5.41, 5.74) is 0.419. The molecule has 9 nitrogen and oxygen atoms in total. The standard InChI is InChI=1S/C17H17N5O4/c1-10(15(23)25-16(24)26-17(2,3)4)12-6-19-13-7-20-14(5-11(12)13)22-9-18-8-21-22/h5-9,19H,1H2,2-4H3. The first-order valence-electron chi connectivity index (χ1n) is 7.71. The predicted octanol–water partition coefficient (Wildman–Crippen LogP) is 2.64. The molecule has 0 aliphatic heterocycles. The van der Waals surface area contributed by atoms with Gasteiger partial charge in [0.05, 0.1) is 17.3 Å². The van der Waals surface area contributed by atoms with E-state index in [1.54, 1.807) is 39.2 Å². The maximum Gasteiger partial charge on any atom is 0.516 e. The van der Waals surface area contributed by atoms with Crippen molar-refractivity contribution in [3.63, 3.8) is 0 Å². The molecule has 3 aromatic heterocycles. The monoisotopic (exact) mass is 355 g/mol. The summed E-state index contributed by atoms with van der Waals surface area (Å²) in [6, 6.07) is 1.72. The number of aromatic amines is 1. The summed E-state index contributed by atoms with van der Waals surface area (Å²) in [7, 11) is 0. The van der Waals surface area contributed by atoms with Gasteiger partial charge < -0.3 is 14.5 Å². The number of rotatable bonds is 3. The van der Waals surface area contributed by atoms with E-state index in [1.165, 1.54) is 17.3 Å². The Hall–Kier alpha value is -3.49. The van der Waals surface area contributed by atoms with Gasteiger partial charge in [0.15, 0.2) is 5.82 Å². The molecule has 3 rings (SSSR count). The lowest BCUT2D eigenvalue weighted by Gasteiger charge is -2.18. The summed E-state index contributed by atoms with van der Waals surface area (Å²) in [5, 5.41) is 4.70. The topological polar surface area (TPSA) is 112 Å². The van der Waals surface area contributed by atoms with Gasteiger partial charge >= 0.3 is 12.1 Å². The van der Waals surface area contributed by atoms with Gasteiger partial charge in [-0.2, -0.15) is 5.10 Å². The molecular weight excluding hydrogens is 338 g/mol. The predicted molar refractivity (Wildman–Crippen MR) is 92.4 cm³/mol. The quantitative estimate of drug-likeness (QED) is 0.436. The Balaban J connectivity index is 1.85. The molecule has 134 valence electrons. The van der Waals surface area contributed by atoms with E-state index in [4.69, 9.17) is 9.47 Å². The molecule has 0 amide bonds. The highest BCUT2D eigenvalue weighted by molar-refractivity contribution is 6.21. The normalized spacial score (nSPS) is 11.3. The minimum Gasteiger partial charge on any atom is -0.428 e. The van der Waals surface area contributed by atoms with Crippen molar-refractivity contribution < 1.29 is 19.1 Å². The van der Waals surface area contributed by atoms with Gasteiger partial charge in [0, 0.05) is 17.1 Å². The Morgan fingerprint density at radius 2 is 2.08 bits per heavy atom. The molecule has 0 aromatic carbocycles. The molecule has 0 spiro atoms. The van der Waals surface area contributed by atoms with Crippen molar-refractivity contribution in [2.75, 3.05) is 0 Å². The van der Waals surface area contributed by atoms with E-state index in [0.717, 1.165) is 0 Å². The van der Waals surface area contributed by atoms with Crippen LogP contribution in [0.15, 0.2) is 37.7 Å². The van der Waals surface area contributed by atoms with Crippen molar-refractivity contribution in [2.45, 2.75) is 26.4 Å². The zero-order valence-electron chi connectivity index (χ0n) is 14.5. The highest BCUT2D eigenvalue weighted by Gasteiger charge is 2.23. The third-order valence-corrected chi connectivity index (χ3v) is 3.34. The Morgan fingerprint density at radius 3 is 2.73 bits per heavy atom. The van der Waals surface area contributed by atoms with Crippen LogP contribution in [-0.4, -0.2) is 42.5 Å². The number of pyridine rings is 1.